The molecular formula is C20H21N3O7. The number of nitrogens with zero attached hydrogens (tertiary/aromatic N) is 2. The minimum atomic E-state index is -0.670. The molecule has 0 saturated carbocycles. The van der Waals surface area contributed by atoms with Crippen molar-refractivity contribution in [1.82, 2.24) is 14.5 Å². The van der Waals surface area contributed by atoms with E-state index in [0.29, 0.717) is 43.0 Å². The van der Waals surface area contributed by atoms with E-state index in [1.165, 1.54) is 12.0 Å². The van der Waals surface area contributed by atoms with E-state index < -0.39 is 17.2 Å². The molecule has 4 rings (SSSR count). The van der Waals surface area contributed by atoms with Crippen molar-refractivity contribution in [3.05, 3.63) is 56.4 Å². The molecule has 0 spiro atoms. The average molecular weight is 415 g/mol. The van der Waals surface area contributed by atoms with E-state index in [2.05, 4.69) is 4.98 Å². The largest absolute Gasteiger partial charge is 0.469 e. The highest BCUT2D eigenvalue weighted by Gasteiger charge is 2.29. The van der Waals surface area contributed by atoms with Crippen molar-refractivity contribution in [1.29, 1.82) is 0 Å². The number of likely N-dealkylation sites (tertiary alicyclic amines) is 1. The number of carbonyl (C=O) groups excluding carboxylic acids is 2. The molecule has 0 aliphatic carbocycles. The second-order valence-electron chi connectivity index (χ2n) is 7.18. The van der Waals surface area contributed by atoms with E-state index >= 15 is 0 Å². The summed E-state index contributed by atoms with van der Waals surface area (Å²) in [6, 6.07) is 5.13. The summed E-state index contributed by atoms with van der Waals surface area (Å²) in [5.41, 5.74) is -0.739. The zero-order chi connectivity index (χ0) is 21.3. The van der Waals surface area contributed by atoms with Gasteiger partial charge < -0.3 is 24.1 Å². The van der Waals surface area contributed by atoms with Crippen LogP contribution in [0.15, 0.2) is 34.0 Å². The predicted octanol–water partition coefficient (Wildman–Crippen LogP) is 0.339. The topological polar surface area (TPSA) is 120 Å². The molecule has 0 radical (unpaired) electrons. The number of rotatable bonds is 4. The van der Waals surface area contributed by atoms with Gasteiger partial charge in [0.25, 0.3) is 11.5 Å². The number of aromatic nitrogens is 2. The van der Waals surface area contributed by atoms with Crippen LogP contribution >= 0.6 is 0 Å². The summed E-state index contributed by atoms with van der Waals surface area (Å²) in [5.74, 6) is 0.116. The SMILES string of the molecule is COC(=O)C1CCN(C(=O)c2c[nH]c(=O)n(Cc3ccc4c(c3)OCO4)c2=O)CC1. The molecule has 1 aromatic heterocycles. The van der Waals surface area contributed by atoms with Gasteiger partial charge in [-0.2, -0.15) is 0 Å². The van der Waals surface area contributed by atoms with Crippen molar-refractivity contribution in [3.63, 3.8) is 0 Å². The maximum absolute atomic E-state index is 12.9. The summed E-state index contributed by atoms with van der Waals surface area (Å²) in [6.07, 6.45) is 2.08. The Balaban J connectivity index is 1.54. The van der Waals surface area contributed by atoms with Gasteiger partial charge in [0.2, 0.25) is 6.79 Å². The van der Waals surface area contributed by atoms with Crippen molar-refractivity contribution < 1.29 is 23.8 Å². The maximum Gasteiger partial charge on any atom is 0.328 e. The highest BCUT2D eigenvalue weighted by molar-refractivity contribution is 5.93. The summed E-state index contributed by atoms with van der Waals surface area (Å²) in [6.45, 7) is 0.769. The number of aromatic amines is 1. The Morgan fingerprint density at radius 2 is 1.90 bits per heavy atom. The van der Waals surface area contributed by atoms with Crippen molar-refractivity contribution in [2.24, 2.45) is 5.92 Å². The molecule has 2 aromatic rings. The molecular weight excluding hydrogens is 394 g/mol. The molecule has 0 atom stereocenters. The van der Waals surface area contributed by atoms with Crippen LogP contribution in [0.25, 0.3) is 0 Å². The zero-order valence-electron chi connectivity index (χ0n) is 16.4. The first-order valence-electron chi connectivity index (χ1n) is 9.56. The maximum atomic E-state index is 12.9. The fraction of sp³-hybridized carbons (Fsp3) is 0.400. The Labute approximate surface area is 171 Å². The molecule has 1 aromatic carbocycles. The quantitative estimate of drug-likeness (QED) is 0.715. The number of benzene rings is 1. The summed E-state index contributed by atoms with van der Waals surface area (Å²) in [5, 5.41) is 0. The highest BCUT2D eigenvalue weighted by Crippen LogP contribution is 2.32. The molecule has 10 heteroatoms. The van der Waals surface area contributed by atoms with E-state index in [1.807, 2.05) is 0 Å². The van der Waals surface area contributed by atoms with E-state index in [-0.39, 0.29) is 30.8 Å². The van der Waals surface area contributed by atoms with Crippen molar-refractivity contribution in [3.8, 4) is 11.5 Å². The van der Waals surface area contributed by atoms with Crippen LogP contribution in [0.2, 0.25) is 0 Å². The van der Waals surface area contributed by atoms with E-state index in [4.69, 9.17) is 14.2 Å². The molecule has 0 bridgehead atoms. The van der Waals surface area contributed by atoms with Crippen LogP contribution < -0.4 is 20.7 Å². The van der Waals surface area contributed by atoms with Gasteiger partial charge in [0.05, 0.1) is 19.6 Å². The predicted molar refractivity (Wildman–Crippen MR) is 104 cm³/mol. The number of amides is 1. The second-order valence-corrected chi connectivity index (χ2v) is 7.18. The Morgan fingerprint density at radius 1 is 1.17 bits per heavy atom. The van der Waals surface area contributed by atoms with Gasteiger partial charge in [0.1, 0.15) is 5.56 Å². The summed E-state index contributed by atoms with van der Waals surface area (Å²) >= 11 is 0. The third kappa shape index (κ3) is 3.68. The lowest BCUT2D eigenvalue weighted by molar-refractivity contribution is -0.146. The van der Waals surface area contributed by atoms with Crippen LogP contribution in [0.1, 0.15) is 28.8 Å². The molecule has 10 nitrogen and oxygen atoms in total. The number of ether oxygens (including phenoxy) is 3. The number of piperidine rings is 1. The van der Waals surface area contributed by atoms with Gasteiger partial charge in [-0.05, 0) is 30.5 Å². The summed E-state index contributed by atoms with van der Waals surface area (Å²) < 4.78 is 16.3. The van der Waals surface area contributed by atoms with Gasteiger partial charge in [-0.1, -0.05) is 6.07 Å². The number of hydrogen-bond donors (Lipinski definition) is 1. The third-order valence-corrected chi connectivity index (χ3v) is 5.39. The van der Waals surface area contributed by atoms with Crippen molar-refractivity contribution in [2.75, 3.05) is 27.0 Å². The molecule has 2 aliphatic heterocycles. The number of H-pyrrole nitrogens is 1. The molecule has 158 valence electrons. The van der Waals surface area contributed by atoms with Gasteiger partial charge in [0, 0.05) is 19.3 Å². The van der Waals surface area contributed by atoms with Crippen molar-refractivity contribution in [2.45, 2.75) is 19.4 Å². The second kappa shape index (κ2) is 8.05. The molecule has 0 unspecified atom stereocenters. The first kappa shape index (κ1) is 19.7. The first-order chi connectivity index (χ1) is 14.5. The number of hydrogen-bond acceptors (Lipinski definition) is 7. The van der Waals surface area contributed by atoms with Crippen LogP contribution in [0, 0.1) is 5.92 Å². The number of carbonyl (C=O) groups is 2. The number of esters is 1. The van der Waals surface area contributed by atoms with Gasteiger partial charge in [-0.15, -0.1) is 0 Å². The Kier molecular flexibility index (Phi) is 5.30. The number of methoxy groups -OCH3 is 1. The third-order valence-electron chi connectivity index (χ3n) is 5.39. The molecule has 1 saturated heterocycles. The molecule has 1 fully saturated rings. The van der Waals surface area contributed by atoms with Crippen LogP contribution in [0.5, 0.6) is 11.5 Å². The summed E-state index contributed by atoms with van der Waals surface area (Å²) in [4.78, 5) is 53.7. The van der Waals surface area contributed by atoms with Crippen LogP contribution in [0.4, 0.5) is 0 Å². The Hall–Kier alpha value is -3.56. The van der Waals surface area contributed by atoms with Crippen molar-refractivity contribution >= 4 is 11.9 Å². The minimum absolute atomic E-state index is 0.0175. The molecule has 3 heterocycles. The summed E-state index contributed by atoms with van der Waals surface area (Å²) in [7, 11) is 1.34. The van der Waals surface area contributed by atoms with Gasteiger partial charge in [-0.25, -0.2) is 4.79 Å². The van der Waals surface area contributed by atoms with Crippen LogP contribution in [0.3, 0.4) is 0 Å². The molecule has 1 N–H and O–H groups in total. The lowest BCUT2D eigenvalue weighted by Crippen LogP contribution is -2.45. The monoisotopic (exact) mass is 415 g/mol. The van der Waals surface area contributed by atoms with Crippen LogP contribution in [-0.2, 0) is 16.1 Å². The fourth-order valence-corrected chi connectivity index (χ4v) is 3.69. The molecule has 1 amide bonds. The number of fused-ring (bicyclic) bond motifs is 1. The highest BCUT2D eigenvalue weighted by atomic mass is 16.7. The van der Waals surface area contributed by atoms with Crippen LogP contribution in [-0.4, -0.2) is 53.3 Å². The van der Waals surface area contributed by atoms with E-state index in [0.717, 1.165) is 10.8 Å². The fourth-order valence-electron chi connectivity index (χ4n) is 3.69. The molecule has 2 aliphatic rings. The van der Waals surface area contributed by atoms with Gasteiger partial charge in [-0.3, -0.25) is 19.0 Å². The van der Waals surface area contributed by atoms with Gasteiger partial charge in [0.15, 0.2) is 11.5 Å². The lowest BCUT2D eigenvalue weighted by atomic mass is 9.96. The molecule has 30 heavy (non-hydrogen) atoms. The minimum Gasteiger partial charge on any atom is -0.469 e. The van der Waals surface area contributed by atoms with Gasteiger partial charge >= 0.3 is 11.7 Å². The lowest BCUT2D eigenvalue weighted by Gasteiger charge is -2.30. The van der Waals surface area contributed by atoms with E-state index in [9.17, 15) is 19.2 Å². The Bertz CT molecular complexity index is 1100. The zero-order valence-corrected chi connectivity index (χ0v) is 16.4. The standard InChI is InChI=1S/C20H21N3O7/c1-28-19(26)13-4-6-22(7-5-13)17(24)14-9-21-20(27)23(18(14)25)10-12-2-3-15-16(8-12)30-11-29-15/h2-3,8-9,13H,4-7,10-11H2,1H3,(H,21,27). The van der Waals surface area contributed by atoms with E-state index in [1.54, 1.807) is 18.2 Å². The average Bonchev–Trinajstić information content (AvgIpc) is 3.23. The first-order valence-corrected chi connectivity index (χ1v) is 9.56. The normalized spacial score (nSPS) is 15.8. The smallest absolute Gasteiger partial charge is 0.328 e. The number of nitrogens with one attached hydrogen (secondary N) is 1. The Morgan fingerprint density at radius 3 is 2.63 bits per heavy atom.